The van der Waals surface area contributed by atoms with Crippen molar-refractivity contribution < 1.29 is 9.21 Å². The molecule has 0 spiro atoms. The molecule has 0 saturated heterocycles. The van der Waals surface area contributed by atoms with Crippen LogP contribution in [0.1, 0.15) is 15.9 Å². The van der Waals surface area contributed by atoms with Crippen molar-refractivity contribution in [1.82, 2.24) is 0 Å². The molecule has 1 N–H and O–H groups in total. The van der Waals surface area contributed by atoms with E-state index in [1.165, 1.54) is 6.26 Å². The van der Waals surface area contributed by atoms with E-state index in [1.54, 1.807) is 18.2 Å². The zero-order valence-corrected chi connectivity index (χ0v) is 11.3. The Morgan fingerprint density at radius 1 is 1.41 bits per heavy atom. The van der Waals surface area contributed by atoms with Crippen molar-refractivity contribution in [3.63, 3.8) is 0 Å². The second kappa shape index (κ2) is 4.94. The lowest BCUT2D eigenvalue weighted by Crippen LogP contribution is -2.12. The summed E-state index contributed by atoms with van der Waals surface area (Å²) in [7, 11) is 0. The van der Waals surface area contributed by atoms with Crippen LogP contribution in [-0.4, -0.2) is 5.91 Å². The fourth-order valence-electron chi connectivity index (χ4n) is 1.37. The highest BCUT2D eigenvalue weighted by Gasteiger charge is 2.13. The number of hydrogen-bond acceptors (Lipinski definition) is 2. The van der Waals surface area contributed by atoms with Crippen molar-refractivity contribution in [1.29, 1.82) is 0 Å². The number of halogens is 2. The van der Waals surface area contributed by atoms with Crippen LogP contribution in [0.2, 0.25) is 5.02 Å². The standard InChI is InChI=1S/C12H9BrClNO2/c1-7-2-3-8(14)6-10(7)15-12(16)9-4-5-17-11(9)13/h2-6H,1H3,(H,15,16). The Bertz CT molecular complexity index is 565. The van der Waals surface area contributed by atoms with E-state index in [9.17, 15) is 4.79 Å². The molecule has 88 valence electrons. The minimum Gasteiger partial charge on any atom is -0.457 e. The van der Waals surface area contributed by atoms with E-state index < -0.39 is 0 Å². The lowest BCUT2D eigenvalue weighted by atomic mass is 10.2. The lowest BCUT2D eigenvalue weighted by molar-refractivity contribution is 0.102. The van der Waals surface area contributed by atoms with Crippen molar-refractivity contribution in [2.45, 2.75) is 6.92 Å². The Balaban J connectivity index is 2.24. The van der Waals surface area contributed by atoms with Crippen LogP contribution in [0.3, 0.4) is 0 Å². The summed E-state index contributed by atoms with van der Waals surface area (Å²) >= 11 is 9.04. The SMILES string of the molecule is Cc1ccc(Cl)cc1NC(=O)c1ccoc1Br. The van der Waals surface area contributed by atoms with Crippen molar-refractivity contribution in [2.24, 2.45) is 0 Å². The Morgan fingerprint density at radius 2 is 2.18 bits per heavy atom. The smallest absolute Gasteiger partial charge is 0.260 e. The van der Waals surface area contributed by atoms with Crippen LogP contribution in [0, 0.1) is 6.92 Å². The van der Waals surface area contributed by atoms with Gasteiger partial charge in [0.25, 0.3) is 5.91 Å². The molecule has 2 aromatic rings. The summed E-state index contributed by atoms with van der Waals surface area (Å²) in [5, 5.41) is 3.36. The zero-order chi connectivity index (χ0) is 12.4. The van der Waals surface area contributed by atoms with Gasteiger partial charge in [-0.25, -0.2) is 0 Å². The molecule has 0 aliphatic heterocycles. The first kappa shape index (κ1) is 12.2. The molecular weight excluding hydrogens is 305 g/mol. The number of amides is 1. The van der Waals surface area contributed by atoms with E-state index in [2.05, 4.69) is 21.2 Å². The molecule has 0 radical (unpaired) electrons. The first-order valence-electron chi connectivity index (χ1n) is 4.88. The van der Waals surface area contributed by atoms with Gasteiger partial charge in [0.1, 0.15) is 0 Å². The van der Waals surface area contributed by atoms with Crippen LogP contribution in [0.15, 0.2) is 39.6 Å². The van der Waals surface area contributed by atoms with E-state index in [4.69, 9.17) is 16.0 Å². The maximum atomic E-state index is 11.9. The number of furan rings is 1. The highest BCUT2D eigenvalue weighted by atomic mass is 79.9. The van der Waals surface area contributed by atoms with Crippen LogP contribution in [0.5, 0.6) is 0 Å². The summed E-state index contributed by atoms with van der Waals surface area (Å²) in [6.07, 6.45) is 1.45. The zero-order valence-electron chi connectivity index (χ0n) is 8.96. The molecule has 1 aromatic carbocycles. The Hall–Kier alpha value is -1.26. The minimum absolute atomic E-state index is 0.240. The third-order valence-corrected chi connectivity index (χ3v) is 3.16. The number of rotatable bonds is 2. The summed E-state index contributed by atoms with van der Waals surface area (Å²) in [5.74, 6) is -0.240. The molecule has 0 saturated carbocycles. The molecule has 0 bridgehead atoms. The molecule has 0 unspecified atom stereocenters. The molecule has 1 amide bonds. The predicted molar refractivity (Wildman–Crippen MR) is 70.6 cm³/mol. The van der Waals surface area contributed by atoms with Gasteiger partial charge in [-0.05, 0) is 46.6 Å². The van der Waals surface area contributed by atoms with Gasteiger partial charge in [-0.1, -0.05) is 17.7 Å². The second-order valence-corrected chi connectivity index (χ2v) is 4.68. The highest BCUT2D eigenvalue weighted by molar-refractivity contribution is 9.10. The fourth-order valence-corrected chi connectivity index (χ4v) is 1.97. The van der Waals surface area contributed by atoms with Gasteiger partial charge < -0.3 is 9.73 Å². The number of nitrogens with one attached hydrogen (secondary N) is 1. The largest absolute Gasteiger partial charge is 0.457 e. The number of aryl methyl sites for hydroxylation is 1. The molecule has 2 rings (SSSR count). The van der Waals surface area contributed by atoms with Crippen LogP contribution < -0.4 is 5.32 Å². The van der Waals surface area contributed by atoms with Gasteiger partial charge in [-0.15, -0.1) is 0 Å². The molecule has 0 aliphatic rings. The number of carbonyl (C=O) groups is 1. The molecule has 5 heteroatoms. The predicted octanol–water partition coefficient (Wildman–Crippen LogP) is 4.26. The van der Waals surface area contributed by atoms with E-state index in [-0.39, 0.29) is 5.91 Å². The van der Waals surface area contributed by atoms with Gasteiger partial charge in [0, 0.05) is 10.7 Å². The summed E-state index contributed by atoms with van der Waals surface area (Å²) in [6.45, 7) is 1.90. The van der Waals surface area contributed by atoms with E-state index in [0.29, 0.717) is 20.9 Å². The van der Waals surface area contributed by atoms with Gasteiger partial charge in [0.05, 0.1) is 11.8 Å². The summed E-state index contributed by atoms with van der Waals surface area (Å²) in [4.78, 5) is 11.9. The second-order valence-electron chi connectivity index (χ2n) is 3.52. The monoisotopic (exact) mass is 313 g/mol. The molecule has 0 aliphatic carbocycles. The lowest BCUT2D eigenvalue weighted by Gasteiger charge is -2.07. The maximum Gasteiger partial charge on any atom is 0.260 e. The van der Waals surface area contributed by atoms with Gasteiger partial charge in [0.2, 0.25) is 0 Å². The van der Waals surface area contributed by atoms with Crippen molar-refractivity contribution in [3.05, 3.63) is 51.3 Å². The first-order chi connectivity index (χ1) is 8.08. The van der Waals surface area contributed by atoms with E-state index >= 15 is 0 Å². The third kappa shape index (κ3) is 2.70. The molecule has 17 heavy (non-hydrogen) atoms. The number of benzene rings is 1. The van der Waals surface area contributed by atoms with Gasteiger partial charge in [0.15, 0.2) is 4.67 Å². The van der Waals surface area contributed by atoms with Crippen LogP contribution in [0.25, 0.3) is 0 Å². The van der Waals surface area contributed by atoms with Gasteiger partial charge in [-0.2, -0.15) is 0 Å². The molecular formula is C12H9BrClNO2. The van der Waals surface area contributed by atoms with Gasteiger partial charge >= 0.3 is 0 Å². The van der Waals surface area contributed by atoms with Crippen molar-refractivity contribution in [2.75, 3.05) is 5.32 Å². The number of carbonyl (C=O) groups excluding carboxylic acids is 1. The average Bonchev–Trinajstić information content (AvgIpc) is 2.70. The normalized spacial score (nSPS) is 10.3. The summed E-state index contributed by atoms with van der Waals surface area (Å²) < 4.78 is 5.42. The number of hydrogen-bond donors (Lipinski definition) is 1. The average molecular weight is 315 g/mol. The van der Waals surface area contributed by atoms with E-state index in [1.807, 2.05) is 13.0 Å². The molecule has 0 atom stereocenters. The molecule has 0 fully saturated rings. The number of anilines is 1. The Kier molecular flexibility index (Phi) is 3.54. The summed E-state index contributed by atoms with van der Waals surface area (Å²) in [6, 6.07) is 6.94. The highest BCUT2D eigenvalue weighted by Crippen LogP contribution is 2.23. The van der Waals surface area contributed by atoms with Gasteiger partial charge in [-0.3, -0.25) is 4.79 Å². The van der Waals surface area contributed by atoms with Crippen LogP contribution in [0.4, 0.5) is 5.69 Å². The Labute approximate surface area is 112 Å². The topological polar surface area (TPSA) is 42.2 Å². The third-order valence-electron chi connectivity index (χ3n) is 2.31. The Morgan fingerprint density at radius 3 is 2.82 bits per heavy atom. The van der Waals surface area contributed by atoms with Crippen LogP contribution in [-0.2, 0) is 0 Å². The van der Waals surface area contributed by atoms with Crippen LogP contribution >= 0.6 is 27.5 Å². The first-order valence-corrected chi connectivity index (χ1v) is 6.05. The fraction of sp³-hybridized carbons (Fsp3) is 0.0833. The van der Waals surface area contributed by atoms with Crippen molar-refractivity contribution >= 4 is 39.1 Å². The molecule has 3 nitrogen and oxygen atoms in total. The molecule has 1 aromatic heterocycles. The molecule has 1 heterocycles. The summed E-state index contributed by atoms with van der Waals surface area (Å²) in [5.41, 5.74) is 2.09. The minimum atomic E-state index is -0.240. The quantitative estimate of drug-likeness (QED) is 0.900. The van der Waals surface area contributed by atoms with E-state index in [0.717, 1.165) is 5.56 Å². The van der Waals surface area contributed by atoms with Crippen molar-refractivity contribution in [3.8, 4) is 0 Å². The maximum absolute atomic E-state index is 11.9.